The lowest BCUT2D eigenvalue weighted by molar-refractivity contribution is 0.0952. The molecular weight excluding hydrogens is 366 g/mol. The first kappa shape index (κ1) is 17.5. The molecule has 0 unspecified atom stereocenters. The summed E-state index contributed by atoms with van der Waals surface area (Å²) in [4.78, 5) is 12.0. The molecule has 1 amide bonds. The second-order valence-electron chi connectivity index (χ2n) is 4.48. The molecule has 0 fully saturated rings. The SMILES string of the molecule is CCCCCNC(=O)c1cc(S(=O)(=O)Cl)cc(Br)c1C. The van der Waals surface area contributed by atoms with Crippen molar-refractivity contribution in [3.05, 3.63) is 27.7 Å². The first-order valence-corrected chi connectivity index (χ1v) is 9.40. The molecule has 112 valence electrons. The Morgan fingerprint density at radius 2 is 2.00 bits per heavy atom. The lowest BCUT2D eigenvalue weighted by atomic mass is 10.1. The number of hydrogen-bond acceptors (Lipinski definition) is 3. The Balaban J connectivity index is 2.99. The Morgan fingerprint density at radius 3 is 2.55 bits per heavy atom. The first-order chi connectivity index (χ1) is 9.27. The molecule has 0 radical (unpaired) electrons. The van der Waals surface area contributed by atoms with Crippen LogP contribution in [0.5, 0.6) is 0 Å². The van der Waals surface area contributed by atoms with E-state index < -0.39 is 9.05 Å². The smallest absolute Gasteiger partial charge is 0.261 e. The van der Waals surface area contributed by atoms with E-state index in [4.69, 9.17) is 10.7 Å². The van der Waals surface area contributed by atoms with Gasteiger partial charge in [0, 0.05) is 27.3 Å². The van der Waals surface area contributed by atoms with Crippen molar-refractivity contribution in [1.82, 2.24) is 5.32 Å². The van der Waals surface area contributed by atoms with E-state index in [2.05, 4.69) is 28.2 Å². The third-order valence-corrected chi connectivity index (χ3v) is 5.07. The van der Waals surface area contributed by atoms with E-state index >= 15 is 0 Å². The Morgan fingerprint density at radius 1 is 1.35 bits per heavy atom. The van der Waals surface area contributed by atoms with E-state index in [1.165, 1.54) is 12.1 Å². The molecule has 0 aromatic heterocycles. The summed E-state index contributed by atoms with van der Waals surface area (Å²) in [5.41, 5.74) is 0.997. The van der Waals surface area contributed by atoms with Crippen LogP contribution in [0.2, 0.25) is 0 Å². The highest BCUT2D eigenvalue weighted by molar-refractivity contribution is 9.10. The topological polar surface area (TPSA) is 63.2 Å². The summed E-state index contributed by atoms with van der Waals surface area (Å²) >= 11 is 3.25. The molecule has 0 bridgehead atoms. The quantitative estimate of drug-likeness (QED) is 0.604. The lowest BCUT2D eigenvalue weighted by Crippen LogP contribution is -2.25. The molecule has 0 aliphatic rings. The zero-order valence-corrected chi connectivity index (χ0v) is 14.5. The van der Waals surface area contributed by atoms with Gasteiger partial charge in [-0.05, 0) is 31.0 Å². The standard InChI is InChI=1S/C13H17BrClNO3S/c1-3-4-5-6-16-13(17)11-7-10(20(15,18)19)8-12(14)9(11)2/h7-8H,3-6H2,1-2H3,(H,16,17). The van der Waals surface area contributed by atoms with Gasteiger partial charge in [0.15, 0.2) is 0 Å². The summed E-state index contributed by atoms with van der Waals surface area (Å²) < 4.78 is 23.3. The molecular formula is C13H17BrClNO3S. The van der Waals surface area contributed by atoms with E-state index in [-0.39, 0.29) is 10.8 Å². The highest BCUT2D eigenvalue weighted by Gasteiger charge is 2.18. The zero-order chi connectivity index (χ0) is 15.3. The molecule has 0 spiro atoms. The minimum atomic E-state index is -3.86. The molecule has 0 aliphatic carbocycles. The van der Waals surface area contributed by atoms with Crippen LogP contribution in [0.15, 0.2) is 21.5 Å². The number of amides is 1. The Kier molecular flexibility index (Phi) is 6.48. The third-order valence-electron chi connectivity index (χ3n) is 2.91. The summed E-state index contributed by atoms with van der Waals surface area (Å²) in [5, 5.41) is 2.78. The van der Waals surface area contributed by atoms with Crippen LogP contribution in [0, 0.1) is 6.92 Å². The number of benzene rings is 1. The van der Waals surface area contributed by atoms with Gasteiger partial charge in [0.1, 0.15) is 0 Å². The number of carbonyl (C=O) groups is 1. The molecule has 4 nitrogen and oxygen atoms in total. The van der Waals surface area contributed by atoms with Crippen LogP contribution in [0.4, 0.5) is 0 Å². The van der Waals surface area contributed by atoms with Crippen molar-refractivity contribution in [3.8, 4) is 0 Å². The van der Waals surface area contributed by atoms with Gasteiger partial charge in [-0.1, -0.05) is 35.7 Å². The second kappa shape index (κ2) is 7.43. The van der Waals surface area contributed by atoms with Crippen molar-refractivity contribution in [2.75, 3.05) is 6.54 Å². The molecule has 0 heterocycles. The minimum absolute atomic E-state index is 0.0876. The predicted molar refractivity (Wildman–Crippen MR) is 83.8 cm³/mol. The van der Waals surface area contributed by atoms with Gasteiger partial charge < -0.3 is 5.32 Å². The fraction of sp³-hybridized carbons (Fsp3) is 0.462. The molecule has 0 saturated heterocycles. The molecule has 1 aromatic rings. The van der Waals surface area contributed by atoms with Gasteiger partial charge >= 0.3 is 0 Å². The molecule has 1 rings (SSSR count). The van der Waals surface area contributed by atoms with Gasteiger partial charge in [-0.2, -0.15) is 0 Å². The van der Waals surface area contributed by atoms with Crippen LogP contribution in [0.25, 0.3) is 0 Å². The van der Waals surface area contributed by atoms with E-state index in [0.717, 1.165) is 19.3 Å². The summed E-state index contributed by atoms with van der Waals surface area (Å²) in [6, 6.07) is 2.70. The Hall–Kier alpha value is -0.590. The number of rotatable bonds is 6. The third kappa shape index (κ3) is 4.75. The monoisotopic (exact) mass is 381 g/mol. The molecule has 20 heavy (non-hydrogen) atoms. The van der Waals surface area contributed by atoms with Crippen molar-refractivity contribution < 1.29 is 13.2 Å². The van der Waals surface area contributed by atoms with Crippen molar-refractivity contribution in [1.29, 1.82) is 0 Å². The summed E-state index contributed by atoms with van der Waals surface area (Å²) in [6.07, 6.45) is 3.01. The number of carbonyl (C=O) groups excluding carboxylic acids is 1. The van der Waals surface area contributed by atoms with Gasteiger partial charge in [0.05, 0.1) is 4.90 Å². The van der Waals surface area contributed by atoms with Crippen LogP contribution < -0.4 is 5.32 Å². The van der Waals surface area contributed by atoms with Gasteiger partial charge in [-0.15, -0.1) is 0 Å². The van der Waals surface area contributed by atoms with Crippen LogP contribution in [0.1, 0.15) is 42.1 Å². The van der Waals surface area contributed by atoms with Crippen molar-refractivity contribution >= 4 is 41.6 Å². The predicted octanol–water partition coefficient (Wildman–Crippen LogP) is 3.61. The normalized spacial score (nSPS) is 11.4. The maximum absolute atomic E-state index is 12.1. The van der Waals surface area contributed by atoms with E-state index in [9.17, 15) is 13.2 Å². The average Bonchev–Trinajstić information content (AvgIpc) is 2.36. The second-order valence-corrected chi connectivity index (χ2v) is 7.90. The number of unbranched alkanes of at least 4 members (excludes halogenated alkanes) is 2. The fourth-order valence-corrected chi connectivity index (χ4v) is 3.10. The van der Waals surface area contributed by atoms with E-state index in [1.807, 2.05) is 0 Å². The molecule has 0 saturated carbocycles. The number of halogens is 2. The van der Waals surface area contributed by atoms with Crippen molar-refractivity contribution in [3.63, 3.8) is 0 Å². The van der Waals surface area contributed by atoms with Crippen LogP contribution >= 0.6 is 26.6 Å². The van der Waals surface area contributed by atoms with Gasteiger partial charge in [0.2, 0.25) is 0 Å². The molecule has 0 aliphatic heterocycles. The Bertz CT molecular complexity index is 602. The van der Waals surface area contributed by atoms with Crippen LogP contribution in [-0.4, -0.2) is 20.9 Å². The van der Waals surface area contributed by atoms with Crippen LogP contribution in [0.3, 0.4) is 0 Å². The maximum Gasteiger partial charge on any atom is 0.261 e. The highest BCUT2D eigenvalue weighted by atomic mass is 79.9. The van der Waals surface area contributed by atoms with Gasteiger partial charge in [-0.3, -0.25) is 4.79 Å². The molecule has 0 atom stereocenters. The zero-order valence-electron chi connectivity index (χ0n) is 11.4. The number of hydrogen-bond donors (Lipinski definition) is 1. The molecule has 1 aromatic carbocycles. The molecule has 1 N–H and O–H groups in total. The van der Waals surface area contributed by atoms with Crippen molar-refractivity contribution in [2.24, 2.45) is 0 Å². The number of nitrogens with one attached hydrogen (secondary N) is 1. The first-order valence-electron chi connectivity index (χ1n) is 6.30. The van der Waals surface area contributed by atoms with E-state index in [1.54, 1.807) is 6.92 Å². The molecule has 7 heteroatoms. The summed E-state index contributed by atoms with van der Waals surface area (Å²) in [5.74, 6) is -0.290. The van der Waals surface area contributed by atoms with Crippen molar-refractivity contribution in [2.45, 2.75) is 38.0 Å². The van der Waals surface area contributed by atoms with Gasteiger partial charge in [-0.25, -0.2) is 8.42 Å². The average molecular weight is 383 g/mol. The summed E-state index contributed by atoms with van der Waals surface area (Å²) in [7, 11) is 1.46. The lowest BCUT2D eigenvalue weighted by Gasteiger charge is -2.10. The maximum atomic E-state index is 12.1. The fourth-order valence-electron chi connectivity index (χ4n) is 1.70. The minimum Gasteiger partial charge on any atom is -0.352 e. The van der Waals surface area contributed by atoms with E-state index in [0.29, 0.717) is 22.1 Å². The van der Waals surface area contributed by atoms with Crippen LogP contribution in [-0.2, 0) is 9.05 Å². The summed E-state index contributed by atoms with van der Waals surface area (Å²) in [6.45, 7) is 4.40. The highest BCUT2D eigenvalue weighted by Crippen LogP contribution is 2.26. The Labute approximate surface area is 132 Å². The van der Waals surface area contributed by atoms with Gasteiger partial charge in [0.25, 0.3) is 15.0 Å². The largest absolute Gasteiger partial charge is 0.352 e.